The average Bonchev–Trinajstić information content (AvgIpc) is 2.52. The molecule has 0 saturated heterocycles. The van der Waals surface area contributed by atoms with E-state index in [1.54, 1.807) is 6.26 Å². The highest BCUT2D eigenvalue weighted by Gasteiger charge is 2.01. The van der Waals surface area contributed by atoms with Gasteiger partial charge in [0.15, 0.2) is 0 Å². The lowest BCUT2D eigenvalue weighted by Crippen LogP contribution is -1.99. The van der Waals surface area contributed by atoms with Gasteiger partial charge in [0.05, 0.1) is 6.26 Å². The Hall–Kier alpha value is -0.790. The zero-order valence-electron chi connectivity index (χ0n) is 15.3. The van der Waals surface area contributed by atoms with E-state index in [1.807, 2.05) is 0 Å². The van der Waals surface area contributed by atoms with Crippen LogP contribution >= 0.6 is 0 Å². The molecule has 2 heteroatoms. The molecule has 0 aromatic heterocycles. The van der Waals surface area contributed by atoms with E-state index in [4.69, 9.17) is 4.74 Å². The molecule has 130 valence electrons. The maximum absolute atomic E-state index is 11.6. The molecule has 0 heterocycles. The summed E-state index contributed by atoms with van der Waals surface area (Å²) in [4.78, 5) is 11.6. The number of hydrogen-bond donors (Lipinski definition) is 0. The van der Waals surface area contributed by atoms with Crippen molar-refractivity contribution in [1.82, 2.24) is 0 Å². The average molecular weight is 311 g/mol. The fourth-order valence-electron chi connectivity index (χ4n) is 2.52. The second kappa shape index (κ2) is 16.6. The van der Waals surface area contributed by atoms with Crippen molar-refractivity contribution in [2.24, 2.45) is 0 Å². The van der Waals surface area contributed by atoms with Crippen molar-refractivity contribution in [2.45, 2.75) is 111 Å². The highest BCUT2D eigenvalue weighted by molar-refractivity contribution is 5.69. The van der Waals surface area contributed by atoms with Crippen molar-refractivity contribution in [1.29, 1.82) is 0 Å². The van der Waals surface area contributed by atoms with E-state index >= 15 is 0 Å². The van der Waals surface area contributed by atoms with Gasteiger partial charge in [-0.2, -0.15) is 0 Å². The van der Waals surface area contributed by atoms with Gasteiger partial charge in [0, 0.05) is 6.42 Å². The normalized spacial score (nSPS) is 11.7. The highest BCUT2D eigenvalue weighted by Crippen LogP contribution is 2.12. The third-order valence-electron chi connectivity index (χ3n) is 4.05. The van der Waals surface area contributed by atoms with Crippen LogP contribution < -0.4 is 0 Å². The van der Waals surface area contributed by atoms with Gasteiger partial charge in [0.2, 0.25) is 0 Å². The van der Waals surface area contributed by atoms with Crippen molar-refractivity contribution < 1.29 is 9.53 Å². The molecule has 0 atom stereocenters. The Morgan fingerprint density at radius 2 is 1.18 bits per heavy atom. The molecule has 22 heavy (non-hydrogen) atoms. The van der Waals surface area contributed by atoms with Crippen LogP contribution in [0.4, 0.5) is 0 Å². The molecule has 0 unspecified atom stereocenters. The molecule has 2 nitrogen and oxygen atoms in total. The first kappa shape index (κ1) is 21.2. The van der Waals surface area contributed by atoms with Gasteiger partial charge in [-0.15, -0.1) is 0 Å². The number of rotatable bonds is 15. The number of carbonyl (C=O) groups is 1. The summed E-state index contributed by atoms with van der Waals surface area (Å²) < 4.78 is 5.22. The maximum Gasteiger partial charge on any atom is 0.310 e. The smallest absolute Gasteiger partial charge is 0.310 e. The molecular weight excluding hydrogens is 272 g/mol. The van der Waals surface area contributed by atoms with Crippen molar-refractivity contribution in [3.8, 4) is 0 Å². The van der Waals surface area contributed by atoms with Crippen molar-refractivity contribution >= 4 is 5.97 Å². The Balaban J connectivity index is 3.48. The zero-order chi connectivity index (χ0) is 16.5. The SMILES string of the molecule is CCCCCCCCC/C(C)=C/OC(=O)CCCCCCC. The van der Waals surface area contributed by atoms with Crippen LogP contribution in [-0.2, 0) is 9.53 Å². The second-order valence-electron chi connectivity index (χ2n) is 6.49. The molecule has 0 amide bonds. The Bertz CT molecular complexity index is 281. The topological polar surface area (TPSA) is 26.3 Å². The molecular formula is C20H38O2. The molecule has 0 saturated carbocycles. The first-order valence-electron chi connectivity index (χ1n) is 9.55. The lowest BCUT2D eigenvalue weighted by atomic mass is 10.1. The minimum atomic E-state index is -0.0737. The summed E-state index contributed by atoms with van der Waals surface area (Å²) in [5.41, 5.74) is 1.19. The molecule has 0 aliphatic rings. The predicted molar refractivity (Wildman–Crippen MR) is 95.8 cm³/mol. The Morgan fingerprint density at radius 1 is 0.727 bits per heavy atom. The van der Waals surface area contributed by atoms with Crippen LogP contribution in [0, 0.1) is 0 Å². The molecule has 0 bridgehead atoms. The van der Waals surface area contributed by atoms with Crippen LogP contribution in [0.2, 0.25) is 0 Å². The number of hydrogen-bond acceptors (Lipinski definition) is 2. The van der Waals surface area contributed by atoms with Crippen LogP contribution in [0.3, 0.4) is 0 Å². The number of esters is 1. The first-order chi connectivity index (χ1) is 10.7. The van der Waals surface area contributed by atoms with E-state index < -0.39 is 0 Å². The summed E-state index contributed by atoms with van der Waals surface area (Å²) in [5.74, 6) is -0.0737. The molecule has 0 spiro atoms. The van der Waals surface area contributed by atoms with Gasteiger partial charge in [-0.25, -0.2) is 0 Å². The van der Waals surface area contributed by atoms with Crippen LogP contribution in [-0.4, -0.2) is 5.97 Å². The highest BCUT2D eigenvalue weighted by atomic mass is 16.5. The lowest BCUT2D eigenvalue weighted by Gasteiger charge is -2.04. The molecule has 0 aromatic carbocycles. The molecule has 0 aliphatic carbocycles. The summed E-state index contributed by atoms with van der Waals surface area (Å²) >= 11 is 0. The van der Waals surface area contributed by atoms with Crippen molar-refractivity contribution in [3.05, 3.63) is 11.8 Å². The van der Waals surface area contributed by atoms with E-state index in [0.717, 1.165) is 19.3 Å². The fourth-order valence-corrected chi connectivity index (χ4v) is 2.52. The van der Waals surface area contributed by atoms with E-state index in [2.05, 4.69) is 20.8 Å². The van der Waals surface area contributed by atoms with Gasteiger partial charge in [-0.1, -0.05) is 78.1 Å². The van der Waals surface area contributed by atoms with Gasteiger partial charge < -0.3 is 4.74 Å². The molecule has 0 aromatic rings. The molecule has 0 rings (SSSR count). The van der Waals surface area contributed by atoms with Crippen molar-refractivity contribution in [2.75, 3.05) is 0 Å². The predicted octanol–water partition coefficient (Wildman–Crippen LogP) is 6.93. The number of carbonyl (C=O) groups excluding carboxylic acids is 1. The van der Waals surface area contributed by atoms with E-state index in [1.165, 1.54) is 69.8 Å². The Morgan fingerprint density at radius 3 is 1.73 bits per heavy atom. The van der Waals surface area contributed by atoms with Crippen molar-refractivity contribution in [3.63, 3.8) is 0 Å². The fraction of sp³-hybridized carbons (Fsp3) is 0.850. The van der Waals surface area contributed by atoms with Crippen LogP contribution in [0.1, 0.15) is 111 Å². The standard InChI is InChI=1S/C20H38O2/c1-4-6-8-10-11-13-14-16-19(3)18-22-20(21)17-15-12-9-7-5-2/h18H,4-17H2,1-3H3/b19-18+. The number of unbranched alkanes of at least 4 members (excludes halogenated alkanes) is 10. The molecule has 0 aliphatic heterocycles. The monoisotopic (exact) mass is 310 g/mol. The van der Waals surface area contributed by atoms with Gasteiger partial charge in [0.25, 0.3) is 0 Å². The Kier molecular flexibility index (Phi) is 16.0. The van der Waals surface area contributed by atoms with Crippen LogP contribution in [0.15, 0.2) is 11.8 Å². The summed E-state index contributed by atoms with van der Waals surface area (Å²) in [6, 6.07) is 0. The number of allylic oxidation sites excluding steroid dienone is 1. The summed E-state index contributed by atoms with van der Waals surface area (Å²) in [6.07, 6.45) is 18.4. The first-order valence-corrected chi connectivity index (χ1v) is 9.55. The number of ether oxygens (including phenoxy) is 1. The van der Waals surface area contributed by atoms with E-state index in [0.29, 0.717) is 6.42 Å². The van der Waals surface area contributed by atoms with E-state index in [9.17, 15) is 4.79 Å². The maximum atomic E-state index is 11.6. The molecule has 0 fully saturated rings. The second-order valence-corrected chi connectivity index (χ2v) is 6.49. The molecule has 0 N–H and O–H groups in total. The minimum Gasteiger partial charge on any atom is -0.435 e. The summed E-state index contributed by atoms with van der Waals surface area (Å²) in [5, 5.41) is 0. The third-order valence-corrected chi connectivity index (χ3v) is 4.05. The minimum absolute atomic E-state index is 0.0737. The largest absolute Gasteiger partial charge is 0.435 e. The van der Waals surface area contributed by atoms with Gasteiger partial charge >= 0.3 is 5.97 Å². The molecule has 0 radical (unpaired) electrons. The van der Waals surface area contributed by atoms with E-state index in [-0.39, 0.29) is 5.97 Å². The quantitative estimate of drug-likeness (QED) is 0.186. The lowest BCUT2D eigenvalue weighted by molar-refractivity contribution is -0.138. The summed E-state index contributed by atoms with van der Waals surface area (Å²) in [7, 11) is 0. The Labute approximate surface area is 138 Å². The van der Waals surface area contributed by atoms with Gasteiger partial charge in [-0.05, 0) is 31.8 Å². The van der Waals surface area contributed by atoms with Crippen LogP contribution in [0.25, 0.3) is 0 Å². The van der Waals surface area contributed by atoms with Crippen LogP contribution in [0.5, 0.6) is 0 Å². The zero-order valence-corrected chi connectivity index (χ0v) is 15.3. The van der Waals surface area contributed by atoms with Gasteiger partial charge in [-0.3, -0.25) is 4.79 Å². The summed E-state index contributed by atoms with van der Waals surface area (Å²) in [6.45, 7) is 6.51. The van der Waals surface area contributed by atoms with Gasteiger partial charge in [0.1, 0.15) is 0 Å². The third kappa shape index (κ3) is 15.6.